The van der Waals surface area contributed by atoms with Crippen LogP contribution in [-0.2, 0) is 14.3 Å². The van der Waals surface area contributed by atoms with Gasteiger partial charge in [-0.05, 0) is 16.9 Å². The lowest BCUT2D eigenvalue weighted by Gasteiger charge is -2.42. The Hall–Kier alpha value is -2.43. The van der Waals surface area contributed by atoms with Crippen molar-refractivity contribution in [3.05, 3.63) is 52.2 Å². The third-order valence-corrected chi connectivity index (χ3v) is 6.10. The summed E-state index contributed by atoms with van der Waals surface area (Å²) in [4.78, 5) is 26.3. The standard InChI is InChI=1S/C24H27FO4/c1-23(2)9-16(26)21-18(11-23)29-19-12-24(3,4)10-17(27)22(19)20(21)14-7-6-13(28-5)8-15(14)25/h6-8,20H,9-12H2,1-5H3. The van der Waals surface area contributed by atoms with Crippen LogP contribution in [0.5, 0.6) is 5.75 Å². The number of methoxy groups -OCH3 is 1. The normalized spacial score (nSPS) is 23.5. The van der Waals surface area contributed by atoms with Crippen LogP contribution in [0.1, 0.15) is 64.9 Å². The van der Waals surface area contributed by atoms with Gasteiger partial charge in [-0.25, -0.2) is 4.39 Å². The van der Waals surface area contributed by atoms with Crippen LogP contribution in [0, 0.1) is 16.6 Å². The van der Waals surface area contributed by atoms with Crippen LogP contribution >= 0.6 is 0 Å². The summed E-state index contributed by atoms with van der Waals surface area (Å²) in [5, 5.41) is 0. The molecule has 0 amide bonds. The summed E-state index contributed by atoms with van der Waals surface area (Å²) in [5.41, 5.74) is 0.756. The van der Waals surface area contributed by atoms with Crippen molar-refractivity contribution in [2.45, 2.75) is 59.3 Å². The maximum Gasteiger partial charge on any atom is 0.163 e. The van der Waals surface area contributed by atoms with Crippen LogP contribution in [0.3, 0.4) is 0 Å². The minimum absolute atomic E-state index is 0.0688. The Morgan fingerprint density at radius 3 is 1.90 bits per heavy atom. The number of benzene rings is 1. The first-order valence-corrected chi connectivity index (χ1v) is 10.1. The van der Waals surface area contributed by atoms with Crippen molar-refractivity contribution in [1.82, 2.24) is 0 Å². The first kappa shape index (κ1) is 19.9. The molecule has 1 aromatic carbocycles. The number of halogens is 1. The van der Waals surface area contributed by atoms with Crippen LogP contribution in [0.25, 0.3) is 0 Å². The molecule has 0 aromatic heterocycles. The van der Waals surface area contributed by atoms with E-state index in [4.69, 9.17) is 9.47 Å². The molecule has 1 heterocycles. The van der Waals surface area contributed by atoms with Gasteiger partial charge < -0.3 is 9.47 Å². The van der Waals surface area contributed by atoms with Crippen LogP contribution in [0.15, 0.2) is 40.9 Å². The molecule has 3 aliphatic rings. The number of allylic oxidation sites excluding steroid dienone is 4. The predicted molar refractivity (Wildman–Crippen MR) is 107 cm³/mol. The van der Waals surface area contributed by atoms with Gasteiger partial charge in [0.05, 0.1) is 13.0 Å². The van der Waals surface area contributed by atoms with Crippen molar-refractivity contribution >= 4 is 11.6 Å². The van der Waals surface area contributed by atoms with Crippen LogP contribution in [0.4, 0.5) is 4.39 Å². The topological polar surface area (TPSA) is 52.6 Å². The Kier molecular flexibility index (Phi) is 4.48. The largest absolute Gasteiger partial charge is 0.497 e. The molecular formula is C24H27FO4. The van der Waals surface area contributed by atoms with E-state index >= 15 is 4.39 Å². The Labute approximate surface area is 170 Å². The summed E-state index contributed by atoms with van der Waals surface area (Å²) in [6, 6.07) is 4.60. The summed E-state index contributed by atoms with van der Waals surface area (Å²) in [6.07, 6.45) is 1.89. The molecule has 4 rings (SSSR count). The molecule has 0 saturated carbocycles. The molecule has 0 N–H and O–H groups in total. The second-order valence-electron chi connectivity index (χ2n) is 9.98. The SMILES string of the molecule is COc1ccc(C2C3=C(CC(C)(C)CC3=O)OC3=C2C(=O)CC(C)(C)C3)c(F)c1. The van der Waals surface area contributed by atoms with E-state index in [1.165, 1.54) is 13.2 Å². The monoisotopic (exact) mass is 398 g/mol. The van der Waals surface area contributed by atoms with E-state index < -0.39 is 11.7 Å². The molecule has 1 aliphatic heterocycles. The molecule has 0 radical (unpaired) electrons. The third kappa shape index (κ3) is 3.41. The first-order chi connectivity index (χ1) is 13.5. The van der Waals surface area contributed by atoms with E-state index in [0.717, 1.165) is 0 Å². The predicted octanol–water partition coefficient (Wildman–Crippen LogP) is 5.23. The second-order valence-corrected chi connectivity index (χ2v) is 9.98. The Morgan fingerprint density at radius 1 is 0.931 bits per heavy atom. The van der Waals surface area contributed by atoms with Gasteiger partial charge in [0.15, 0.2) is 11.6 Å². The molecule has 0 spiro atoms. The molecule has 0 saturated heterocycles. The number of rotatable bonds is 2. The quantitative estimate of drug-likeness (QED) is 0.684. The van der Waals surface area contributed by atoms with Gasteiger partial charge >= 0.3 is 0 Å². The highest BCUT2D eigenvalue weighted by Crippen LogP contribution is 2.53. The number of carbonyl (C=O) groups excluding carboxylic acids is 2. The van der Waals surface area contributed by atoms with E-state index in [1.807, 2.05) is 27.7 Å². The zero-order valence-corrected chi connectivity index (χ0v) is 17.6. The van der Waals surface area contributed by atoms with Gasteiger partial charge in [0, 0.05) is 48.5 Å². The Morgan fingerprint density at radius 2 is 1.45 bits per heavy atom. The lowest BCUT2D eigenvalue weighted by molar-refractivity contribution is -0.120. The van der Waals surface area contributed by atoms with Crippen molar-refractivity contribution in [2.24, 2.45) is 10.8 Å². The van der Waals surface area contributed by atoms with Gasteiger partial charge in [-0.2, -0.15) is 0 Å². The average molecular weight is 398 g/mol. The number of carbonyl (C=O) groups is 2. The highest BCUT2D eigenvalue weighted by Gasteiger charge is 2.48. The van der Waals surface area contributed by atoms with Gasteiger partial charge in [0.25, 0.3) is 0 Å². The summed E-state index contributed by atoms with van der Waals surface area (Å²) in [5.74, 6) is 0.249. The van der Waals surface area contributed by atoms with Gasteiger partial charge in [-0.1, -0.05) is 33.8 Å². The summed E-state index contributed by atoms with van der Waals surface area (Å²) >= 11 is 0. The molecule has 29 heavy (non-hydrogen) atoms. The van der Waals surface area contributed by atoms with Crippen molar-refractivity contribution in [3.8, 4) is 5.75 Å². The molecule has 5 heteroatoms. The molecule has 0 unspecified atom stereocenters. The van der Waals surface area contributed by atoms with E-state index in [2.05, 4.69) is 0 Å². The van der Waals surface area contributed by atoms with Crippen molar-refractivity contribution < 1.29 is 23.5 Å². The molecule has 4 nitrogen and oxygen atoms in total. The number of hydrogen-bond acceptors (Lipinski definition) is 4. The van der Waals surface area contributed by atoms with Crippen molar-refractivity contribution in [1.29, 1.82) is 0 Å². The number of hydrogen-bond donors (Lipinski definition) is 0. The lowest BCUT2D eigenvalue weighted by atomic mass is 9.65. The zero-order valence-electron chi connectivity index (χ0n) is 17.6. The summed E-state index contributed by atoms with van der Waals surface area (Å²) in [6.45, 7) is 8.11. The Bertz CT molecular complexity index is 929. The fourth-order valence-electron chi connectivity index (χ4n) is 4.85. The molecule has 2 aliphatic carbocycles. The second kappa shape index (κ2) is 6.54. The summed E-state index contributed by atoms with van der Waals surface area (Å²) < 4.78 is 26.4. The van der Waals surface area contributed by atoms with E-state index in [1.54, 1.807) is 12.1 Å². The van der Waals surface area contributed by atoms with Crippen molar-refractivity contribution in [2.75, 3.05) is 7.11 Å². The molecule has 0 bridgehead atoms. The maximum absolute atomic E-state index is 15.1. The fraction of sp³-hybridized carbons (Fsp3) is 0.500. The number of ketones is 2. The molecular weight excluding hydrogens is 371 g/mol. The summed E-state index contributed by atoms with van der Waals surface area (Å²) in [7, 11) is 1.48. The molecule has 0 fully saturated rings. The highest BCUT2D eigenvalue weighted by molar-refractivity contribution is 6.06. The fourth-order valence-corrected chi connectivity index (χ4v) is 4.85. The van der Waals surface area contributed by atoms with E-state index in [9.17, 15) is 9.59 Å². The number of ether oxygens (including phenoxy) is 2. The van der Waals surface area contributed by atoms with Gasteiger partial charge in [-0.15, -0.1) is 0 Å². The third-order valence-electron chi connectivity index (χ3n) is 6.10. The maximum atomic E-state index is 15.1. The first-order valence-electron chi connectivity index (χ1n) is 10.1. The molecule has 1 aromatic rings. The van der Waals surface area contributed by atoms with Gasteiger partial charge in [0.1, 0.15) is 23.1 Å². The van der Waals surface area contributed by atoms with E-state index in [-0.39, 0.29) is 22.4 Å². The van der Waals surface area contributed by atoms with Crippen LogP contribution in [-0.4, -0.2) is 18.7 Å². The van der Waals surface area contributed by atoms with Crippen LogP contribution < -0.4 is 4.74 Å². The van der Waals surface area contributed by atoms with Crippen molar-refractivity contribution in [3.63, 3.8) is 0 Å². The minimum Gasteiger partial charge on any atom is -0.497 e. The Balaban J connectivity index is 1.93. The lowest BCUT2D eigenvalue weighted by Crippen LogP contribution is -2.37. The van der Waals surface area contributed by atoms with Crippen LogP contribution in [0.2, 0.25) is 0 Å². The zero-order chi connectivity index (χ0) is 21.1. The minimum atomic E-state index is -0.716. The molecule has 154 valence electrons. The smallest absolute Gasteiger partial charge is 0.163 e. The number of Topliss-reactive ketones (excluding diaryl/α,β-unsaturated/α-hetero) is 2. The van der Waals surface area contributed by atoms with Gasteiger partial charge in [0.2, 0.25) is 0 Å². The highest BCUT2D eigenvalue weighted by atomic mass is 19.1. The van der Waals surface area contributed by atoms with E-state index in [0.29, 0.717) is 59.7 Å². The molecule has 0 atom stereocenters. The van der Waals surface area contributed by atoms with Gasteiger partial charge in [-0.3, -0.25) is 9.59 Å². The average Bonchev–Trinajstić information content (AvgIpc) is 2.57.